The maximum absolute atomic E-state index is 12.7. The Hall–Kier alpha value is -1.88. The first-order valence-corrected chi connectivity index (χ1v) is 9.29. The highest BCUT2D eigenvalue weighted by molar-refractivity contribution is 6.33. The molecule has 0 bridgehead atoms. The molecule has 0 atom stereocenters. The summed E-state index contributed by atoms with van der Waals surface area (Å²) in [5, 5.41) is 8.75. The third-order valence-electron chi connectivity index (χ3n) is 4.76. The zero-order valence-electron chi connectivity index (χ0n) is 14.7. The van der Waals surface area contributed by atoms with E-state index < -0.39 is 0 Å². The number of amides is 1. The van der Waals surface area contributed by atoms with Crippen LogP contribution in [0.1, 0.15) is 51.8 Å². The Balaban J connectivity index is 1.70. The van der Waals surface area contributed by atoms with Gasteiger partial charge in [0.25, 0.3) is 0 Å². The molecular weight excluding hydrogens is 338 g/mol. The fraction of sp³-hybridized carbons (Fsp3) is 0.526. The number of rotatable bonds is 6. The smallest absolute Gasteiger partial charge is 0.249 e. The summed E-state index contributed by atoms with van der Waals surface area (Å²) in [6.45, 7) is 4.36. The lowest BCUT2D eigenvalue weighted by molar-refractivity contribution is -0.134. The average Bonchev–Trinajstić information content (AvgIpc) is 3.24. The summed E-state index contributed by atoms with van der Waals surface area (Å²) < 4.78 is 5.75. The molecule has 1 aliphatic carbocycles. The van der Waals surface area contributed by atoms with E-state index in [1.165, 1.54) is 12.8 Å². The van der Waals surface area contributed by atoms with E-state index >= 15 is 0 Å². The highest BCUT2D eigenvalue weighted by atomic mass is 35.5. The number of halogens is 1. The van der Waals surface area contributed by atoms with E-state index in [0.717, 1.165) is 12.8 Å². The van der Waals surface area contributed by atoms with E-state index in [1.54, 1.807) is 6.07 Å². The third kappa shape index (κ3) is 4.40. The minimum Gasteiger partial charge on any atom is -0.419 e. The summed E-state index contributed by atoms with van der Waals surface area (Å²) in [6.07, 6.45) is 5.42. The molecule has 0 aliphatic heterocycles. The monoisotopic (exact) mass is 361 g/mol. The van der Waals surface area contributed by atoms with Crippen LogP contribution >= 0.6 is 11.6 Å². The Morgan fingerprint density at radius 1 is 1.28 bits per heavy atom. The number of aromatic nitrogens is 2. The zero-order valence-corrected chi connectivity index (χ0v) is 15.5. The van der Waals surface area contributed by atoms with Crippen molar-refractivity contribution in [3.63, 3.8) is 0 Å². The fourth-order valence-corrected chi connectivity index (χ4v) is 3.56. The molecule has 1 amide bonds. The summed E-state index contributed by atoms with van der Waals surface area (Å²) in [4.78, 5) is 14.5. The van der Waals surface area contributed by atoms with Gasteiger partial charge in [-0.05, 0) is 44.7 Å². The molecule has 1 aromatic heterocycles. The first kappa shape index (κ1) is 17.9. The minimum atomic E-state index is 0.0876. The second kappa shape index (κ2) is 8.00. The van der Waals surface area contributed by atoms with Crippen LogP contribution in [-0.2, 0) is 11.3 Å². The molecule has 1 saturated carbocycles. The molecule has 25 heavy (non-hydrogen) atoms. The fourth-order valence-electron chi connectivity index (χ4n) is 3.34. The van der Waals surface area contributed by atoms with Crippen molar-refractivity contribution in [2.24, 2.45) is 5.92 Å². The summed E-state index contributed by atoms with van der Waals surface area (Å²) in [7, 11) is 0. The van der Waals surface area contributed by atoms with E-state index in [4.69, 9.17) is 16.0 Å². The molecule has 0 unspecified atom stereocenters. The SMILES string of the molecule is CC(C)N(Cc1nnc(-c2ccccc2Cl)o1)C(=O)CC1CCCC1. The Morgan fingerprint density at radius 3 is 2.68 bits per heavy atom. The van der Waals surface area contributed by atoms with Gasteiger partial charge in [0.05, 0.1) is 17.1 Å². The van der Waals surface area contributed by atoms with Crippen molar-refractivity contribution in [1.29, 1.82) is 0 Å². The maximum atomic E-state index is 12.7. The lowest BCUT2D eigenvalue weighted by Crippen LogP contribution is -2.37. The van der Waals surface area contributed by atoms with Crippen molar-refractivity contribution in [3.05, 3.63) is 35.2 Å². The van der Waals surface area contributed by atoms with E-state index in [1.807, 2.05) is 36.9 Å². The second-order valence-electron chi connectivity index (χ2n) is 6.95. The van der Waals surface area contributed by atoms with Crippen LogP contribution in [0.4, 0.5) is 0 Å². The van der Waals surface area contributed by atoms with Crippen LogP contribution in [0.2, 0.25) is 5.02 Å². The van der Waals surface area contributed by atoms with Crippen LogP contribution in [0.25, 0.3) is 11.5 Å². The highest BCUT2D eigenvalue weighted by Crippen LogP contribution is 2.29. The van der Waals surface area contributed by atoms with Crippen LogP contribution in [0.15, 0.2) is 28.7 Å². The maximum Gasteiger partial charge on any atom is 0.249 e. The van der Waals surface area contributed by atoms with Gasteiger partial charge in [-0.1, -0.05) is 36.6 Å². The van der Waals surface area contributed by atoms with Crippen molar-refractivity contribution in [3.8, 4) is 11.5 Å². The van der Waals surface area contributed by atoms with Crippen molar-refractivity contribution < 1.29 is 9.21 Å². The molecule has 6 heteroatoms. The minimum absolute atomic E-state index is 0.0876. The van der Waals surface area contributed by atoms with Gasteiger partial charge in [-0.15, -0.1) is 10.2 Å². The normalized spacial score (nSPS) is 15.0. The third-order valence-corrected chi connectivity index (χ3v) is 5.09. The number of nitrogens with zero attached hydrogens (tertiary/aromatic N) is 3. The number of hydrogen-bond donors (Lipinski definition) is 0. The van der Waals surface area contributed by atoms with E-state index in [9.17, 15) is 4.79 Å². The summed E-state index contributed by atoms with van der Waals surface area (Å²) >= 11 is 6.18. The van der Waals surface area contributed by atoms with Crippen LogP contribution < -0.4 is 0 Å². The Bertz CT molecular complexity index is 723. The standard InChI is InChI=1S/C19H24ClN3O2/c1-13(2)23(18(24)11-14-7-3-4-8-14)12-17-21-22-19(25-17)15-9-5-6-10-16(15)20/h5-6,9-10,13-14H,3-4,7-8,11-12H2,1-2H3. The van der Waals surface area contributed by atoms with E-state index in [-0.39, 0.29) is 11.9 Å². The van der Waals surface area contributed by atoms with Crippen molar-refractivity contribution >= 4 is 17.5 Å². The lowest BCUT2D eigenvalue weighted by Gasteiger charge is -2.26. The van der Waals surface area contributed by atoms with Gasteiger partial charge in [-0.2, -0.15) is 0 Å². The van der Waals surface area contributed by atoms with Crippen molar-refractivity contribution in [2.45, 2.75) is 58.5 Å². The molecule has 134 valence electrons. The van der Waals surface area contributed by atoms with Crippen LogP contribution in [-0.4, -0.2) is 27.0 Å². The highest BCUT2D eigenvalue weighted by Gasteiger charge is 2.25. The lowest BCUT2D eigenvalue weighted by atomic mass is 10.0. The van der Waals surface area contributed by atoms with Crippen LogP contribution in [0.3, 0.4) is 0 Å². The van der Waals surface area contributed by atoms with Gasteiger partial charge in [0, 0.05) is 12.5 Å². The molecule has 0 spiro atoms. The Kier molecular flexibility index (Phi) is 5.74. The van der Waals surface area contributed by atoms with Crippen LogP contribution in [0, 0.1) is 5.92 Å². The van der Waals surface area contributed by atoms with Gasteiger partial charge in [0.2, 0.25) is 17.7 Å². The summed E-state index contributed by atoms with van der Waals surface area (Å²) in [6, 6.07) is 7.43. The number of carbonyl (C=O) groups is 1. The van der Waals surface area contributed by atoms with Crippen molar-refractivity contribution in [1.82, 2.24) is 15.1 Å². The molecule has 5 nitrogen and oxygen atoms in total. The number of hydrogen-bond acceptors (Lipinski definition) is 4. The van der Waals surface area contributed by atoms with Crippen molar-refractivity contribution in [2.75, 3.05) is 0 Å². The molecule has 3 rings (SSSR count). The van der Waals surface area contributed by atoms with Gasteiger partial charge in [-0.3, -0.25) is 4.79 Å². The average molecular weight is 362 g/mol. The topological polar surface area (TPSA) is 59.2 Å². The van der Waals surface area contributed by atoms with Crippen LogP contribution in [0.5, 0.6) is 0 Å². The molecule has 0 N–H and O–H groups in total. The quantitative estimate of drug-likeness (QED) is 0.747. The van der Waals surface area contributed by atoms with Gasteiger partial charge in [-0.25, -0.2) is 0 Å². The number of carbonyl (C=O) groups excluding carboxylic acids is 1. The second-order valence-corrected chi connectivity index (χ2v) is 7.36. The van der Waals surface area contributed by atoms with Gasteiger partial charge in [0.15, 0.2) is 0 Å². The predicted octanol–water partition coefficient (Wildman–Crippen LogP) is 4.71. The molecule has 0 saturated heterocycles. The van der Waals surface area contributed by atoms with E-state index in [2.05, 4.69) is 10.2 Å². The number of benzene rings is 1. The van der Waals surface area contributed by atoms with Gasteiger partial charge in [0.1, 0.15) is 0 Å². The zero-order chi connectivity index (χ0) is 17.8. The van der Waals surface area contributed by atoms with Gasteiger partial charge < -0.3 is 9.32 Å². The molecule has 1 aromatic carbocycles. The molecule has 1 fully saturated rings. The first-order chi connectivity index (χ1) is 12.0. The first-order valence-electron chi connectivity index (χ1n) is 8.91. The van der Waals surface area contributed by atoms with Gasteiger partial charge >= 0.3 is 0 Å². The molecular formula is C19H24ClN3O2. The Labute approximate surface area is 153 Å². The van der Waals surface area contributed by atoms with E-state index in [0.29, 0.717) is 41.3 Å². The Morgan fingerprint density at radius 2 is 2.00 bits per heavy atom. The summed E-state index contributed by atoms with van der Waals surface area (Å²) in [5.74, 6) is 1.51. The largest absolute Gasteiger partial charge is 0.419 e. The summed E-state index contributed by atoms with van der Waals surface area (Å²) in [5.41, 5.74) is 0.705. The molecule has 1 heterocycles. The predicted molar refractivity (Wildman–Crippen MR) is 97.0 cm³/mol. The molecule has 0 radical (unpaired) electrons. The molecule has 1 aliphatic rings. The molecule has 2 aromatic rings.